The average Bonchev–Trinajstić information content (AvgIpc) is 2.32. The van der Waals surface area contributed by atoms with Crippen molar-refractivity contribution >= 4 is 29.1 Å². The van der Waals surface area contributed by atoms with Crippen LogP contribution >= 0.6 is 23.4 Å². The van der Waals surface area contributed by atoms with Crippen molar-refractivity contribution < 1.29 is 4.92 Å². The molecule has 0 fully saturated rings. The Bertz CT molecular complexity index is 545. The van der Waals surface area contributed by atoms with Crippen molar-refractivity contribution in [2.75, 3.05) is 0 Å². The standard InChI is InChI=1S/C11H7ClN2O2S/c12-8-3-5-9(6-4-8)17-11-10(14(15)16)2-1-7-13-11/h1-7H. The van der Waals surface area contributed by atoms with Gasteiger partial charge >= 0.3 is 5.69 Å². The predicted octanol–water partition coefficient (Wildman–Crippen LogP) is 3.79. The largest absolute Gasteiger partial charge is 0.301 e. The number of benzene rings is 1. The molecule has 2 rings (SSSR count). The summed E-state index contributed by atoms with van der Waals surface area (Å²) in [4.78, 5) is 15.2. The molecule has 1 aromatic heterocycles. The van der Waals surface area contributed by atoms with Gasteiger partial charge in [0.2, 0.25) is 0 Å². The van der Waals surface area contributed by atoms with Gasteiger partial charge in [0.15, 0.2) is 5.03 Å². The minimum Gasteiger partial charge on any atom is -0.258 e. The first-order chi connectivity index (χ1) is 8.16. The van der Waals surface area contributed by atoms with Gasteiger partial charge in [-0.3, -0.25) is 10.1 Å². The van der Waals surface area contributed by atoms with Crippen LogP contribution in [0.2, 0.25) is 5.02 Å². The first kappa shape index (κ1) is 11.9. The van der Waals surface area contributed by atoms with Gasteiger partial charge in [0.1, 0.15) is 0 Å². The summed E-state index contributed by atoms with van der Waals surface area (Å²) in [6.45, 7) is 0. The average molecular weight is 267 g/mol. The van der Waals surface area contributed by atoms with E-state index < -0.39 is 4.92 Å². The lowest BCUT2D eigenvalue weighted by atomic mass is 10.4. The highest BCUT2D eigenvalue weighted by Gasteiger charge is 2.14. The van der Waals surface area contributed by atoms with Gasteiger partial charge < -0.3 is 0 Å². The number of hydrogen-bond donors (Lipinski definition) is 0. The molecular weight excluding hydrogens is 260 g/mol. The normalized spacial score (nSPS) is 10.2. The molecule has 0 aliphatic heterocycles. The molecule has 6 heteroatoms. The molecule has 0 spiro atoms. The van der Waals surface area contributed by atoms with Gasteiger partial charge in [-0.25, -0.2) is 4.98 Å². The van der Waals surface area contributed by atoms with E-state index in [9.17, 15) is 10.1 Å². The molecule has 0 unspecified atom stereocenters. The Kier molecular flexibility index (Phi) is 3.61. The number of aromatic nitrogens is 1. The Morgan fingerprint density at radius 1 is 1.24 bits per heavy atom. The highest BCUT2D eigenvalue weighted by atomic mass is 35.5. The molecule has 1 aromatic carbocycles. The molecule has 0 aliphatic carbocycles. The third-order valence-electron chi connectivity index (χ3n) is 1.98. The van der Waals surface area contributed by atoms with E-state index in [1.54, 1.807) is 30.3 Å². The number of hydrogen-bond acceptors (Lipinski definition) is 4. The zero-order valence-corrected chi connectivity index (χ0v) is 10.1. The summed E-state index contributed by atoms with van der Waals surface area (Å²) in [6, 6.07) is 10.0. The molecule has 0 N–H and O–H groups in total. The summed E-state index contributed by atoms with van der Waals surface area (Å²) in [6.07, 6.45) is 1.53. The molecule has 0 saturated carbocycles. The maximum atomic E-state index is 10.8. The fourth-order valence-corrected chi connectivity index (χ4v) is 2.20. The van der Waals surface area contributed by atoms with Crippen LogP contribution in [0, 0.1) is 10.1 Å². The van der Waals surface area contributed by atoms with Crippen molar-refractivity contribution in [1.29, 1.82) is 0 Å². The van der Waals surface area contributed by atoms with Crippen molar-refractivity contribution in [3.63, 3.8) is 0 Å². The summed E-state index contributed by atoms with van der Waals surface area (Å²) in [5.41, 5.74) is 0.00690. The van der Waals surface area contributed by atoms with E-state index in [2.05, 4.69) is 4.98 Å². The van der Waals surface area contributed by atoms with Gasteiger partial charge in [0, 0.05) is 22.2 Å². The highest BCUT2D eigenvalue weighted by molar-refractivity contribution is 7.99. The third kappa shape index (κ3) is 2.95. The molecule has 0 aliphatic rings. The van der Waals surface area contributed by atoms with Crippen LogP contribution in [-0.2, 0) is 0 Å². The summed E-state index contributed by atoms with van der Waals surface area (Å²) < 4.78 is 0. The van der Waals surface area contributed by atoms with Gasteiger partial charge in [0.05, 0.1) is 4.92 Å². The molecule has 0 saturated heterocycles. The second-order valence-electron chi connectivity index (χ2n) is 3.14. The lowest BCUT2D eigenvalue weighted by Gasteiger charge is -2.01. The zero-order chi connectivity index (χ0) is 12.3. The minimum atomic E-state index is -0.439. The molecule has 86 valence electrons. The molecule has 4 nitrogen and oxygen atoms in total. The second-order valence-corrected chi connectivity index (χ2v) is 4.64. The second kappa shape index (κ2) is 5.16. The van der Waals surface area contributed by atoms with Crippen LogP contribution in [0.4, 0.5) is 5.69 Å². The summed E-state index contributed by atoms with van der Waals surface area (Å²) >= 11 is 7.00. The number of nitrogens with zero attached hydrogens (tertiary/aromatic N) is 2. The van der Waals surface area contributed by atoms with E-state index in [1.807, 2.05) is 0 Å². The summed E-state index contributed by atoms with van der Waals surface area (Å²) in [5, 5.41) is 11.8. The van der Waals surface area contributed by atoms with Crippen LogP contribution in [0.3, 0.4) is 0 Å². The third-order valence-corrected chi connectivity index (χ3v) is 3.24. The molecule has 0 atom stereocenters. The number of nitro groups is 1. The van der Waals surface area contributed by atoms with E-state index >= 15 is 0 Å². The van der Waals surface area contributed by atoms with Crippen LogP contribution in [0.15, 0.2) is 52.5 Å². The van der Waals surface area contributed by atoms with E-state index in [1.165, 1.54) is 24.0 Å². The first-order valence-electron chi connectivity index (χ1n) is 4.69. The van der Waals surface area contributed by atoms with Crippen molar-refractivity contribution in [1.82, 2.24) is 4.98 Å². The molecular formula is C11H7ClN2O2S. The van der Waals surface area contributed by atoms with Crippen molar-refractivity contribution in [3.8, 4) is 0 Å². The summed E-state index contributed by atoms with van der Waals surface area (Å²) in [5.74, 6) is 0. The lowest BCUT2D eigenvalue weighted by Crippen LogP contribution is -1.92. The SMILES string of the molecule is O=[N+]([O-])c1cccnc1Sc1ccc(Cl)cc1. The summed E-state index contributed by atoms with van der Waals surface area (Å²) in [7, 11) is 0. The molecule has 1 heterocycles. The van der Waals surface area contributed by atoms with Crippen molar-refractivity contribution in [2.45, 2.75) is 9.92 Å². The van der Waals surface area contributed by atoms with Gasteiger partial charge in [-0.15, -0.1) is 0 Å². The Morgan fingerprint density at radius 3 is 2.59 bits per heavy atom. The zero-order valence-electron chi connectivity index (χ0n) is 8.54. The number of rotatable bonds is 3. The Hall–Kier alpha value is -1.59. The quantitative estimate of drug-likeness (QED) is 0.626. The van der Waals surface area contributed by atoms with E-state index in [4.69, 9.17) is 11.6 Å². The Labute approximate surface area is 107 Å². The molecule has 0 amide bonds. The maximum Gasteiger partial charge on any atom is 0.301 e. The Balaban J connectivity index is 2.30. The van der Waals surface area contributed by atoms with Crippen LogP contribution in [0.5, 0.6) is 0 Å². The molecule has 0 bridgehead atoms. The van der Waals surface area contributed by atoms with E-state index in [0.29, 0.717) is 10.0 Å². The lowest BCUT2D eigenvalue weighted by molar-refractivity contribution is -0.388. The van der Waals surface area contributed by atoms with Crippen molar-refractivity contribution in [3.05, 3.63) is 57.7 Å². The fourth-order valence-electron chi connectivity index (χ4n) is 1.21. The predicted molar refractivity (Wildman–Crippen MR) is 66.5 cm³/mol. The topological polar surface area (TPSA) is 56.0 Å². The Morgan fingerprint density at radius 2 is 1.94 bits per heavy atom. The van der Waals surface area contributed by atoms with Gasteiger partial charge in [-0.1, -0.05) is 23.4 Å². The highest BCUT2D eigenvalue weighted by Crippen LogP contribution is 2.32. The fraction of sp³-hybridized carbons (Fsp3) is 0. The smallest absolute Gasteiger partial charge is 0.258 e. The van der Waals surface area contributed by atoms with Crippen LogP contribution in [-0.4, -0.2) is 9.91 Å². The first-order valence-corrected chi connectivity index (χ1v) is 5.89. The van der Waals surface area contributed by atoms with Gasteiger partial charge in [-0.2, -0.15) is 0 Å². The monoisotopic (exact) mass is 266 g/mol. The van der Waals surface area contributed by atoms with E-state index in [-0.39, 0.29) is 5.69 Å². The van der Waals surface area contributed by atoms with Crippen LogP contribution < -0.4 is 0 Å². The van der Waals surface area contributed by atoms with Gasteiger partial charge in [0.25, 0.3) is 0 Å². The van der Waals surface area contributed by atoms with Crippen molar-refractivity contribution in [2.24, 2.45) is 0 Å². The number of pyridine rings is 1. The van der Waals surface area contributed by atoms with E-state index in [0.717, 1.165) is 4.90 Å². The van der Waals surface area contributed by atoms with Gasteiger partial charge in [-0.05, 0) is 30.3 Å². The number of halogens is 1. The van der Waals surface area contributed by atoms with Crippen LogP contribution in [0.25, 0.3) is 0 Å². The van der Waals surface area contributed by atoms with Crippen LogP contribution in [0.1, 0.15) is 0 Å². The molecule has 2 aromatic rings. The minimum absolute atomic E-state index is 0.00690. The maximum absolute atomic E-state index is 10.8. The molecule has 17 heavy (non-hydrogen) atoms. The molecule has 0 radical (unpaired) electrons.